The van der Waals surface area contributed by atoms with Gasteiger partial charge in [-0.1, -0.05) is 25.1 Å². The van der Waals surface area contributed by atoms with Gasteiger partial charge in [0.05, 0.1) is 23.7 Å². The molecule has 5 nitrogen and oxygen atoms in total. The van der Waals surface area contributed by atoms with Crippen molar-refractivity contribution in [3.8, 4) is 0 Å². The summed E-state index contributed by atoms with van der Waals surface area (Å²) in [5, 5.41) is 0.581. The Morgan fingerprint density at radius 3 is 2.66 bits per heavy atom. The molecule has 2 aliphatic rings. The van der Waals surface area contributed by atoms with Crippen molar-refractivity contribution >= 4 is 40.3 Å². The molecule has 1 amide bonds. The number of ether oxygens (including phenoxy) is 1. The summed E-state index contributed by atoms with van der Waals surface area (Å²) in [6, 6.07) is 13.1. The van der Waals surface area contributed by atoms with Crippen LogP contribution in [0.25, 0.3) is 6.08 Å². The molecule has 0 spiro atoms. The van der Waals surface area contributed by atoms with Crippen LogP contribution >= 0.6 is 11.8 Å². The van der Waals surface area contributed by atoms with E-state index < -0.39 is 0 Å². The highest BCUT2D eigenvalue weighted by atomic mass is 32.2. The van der Waals surface area contributed by atoms with Gasteiger partial charge in [-0.25, -0.2) is 9.38 Å². The fourth-order valence-corrected chi connectivity index (χ4v) is 6.09. The van der Waals surface area contributed by atoms with E-state index in [-0.39, 0.29) is 17.3 Å². The first-order chi connectivity index (χ1) is 16.7. The molecule has 0 N–H and O–H groups in total. The molecule has 186 valence electrons. The SMILES string of the molecule is CCOCCN1C(=O)/C(=C\c2cc3c(cc2F)N(CC)C(C)(C)CC3C)SC1=Nc1ccccc1. The molecule has 1 saturated heterocycles. The summed E-state index contributed by atoms with van der Waals surface area (Å²) in [5.41, 5.74) is 3.25. The second-order valence-corrected chi connectivity index (χ2v) is 10.6. The van der Waals surface area contributed by atoms with Crippen molar-refractivity contribution in [2.45, 2.75) is 52.5 Å². The molecule has 1 atom stereocenters. The Morgan fingerprint density at radius 1 is 1.23 bits per heavy atom. The van der Waals surface area contributed by atoms with Gasteiger partial charge in [0.1, 0.15) is 5.82 Å². The maximum atomic E-state index is 15.4. The highest BCUT2D eigenvalue weighted by Gasteiger charge is 2.37. The maximum absolute atomic E-state index is 15.4. The van der Waals surface area contributed by atoms with Gasteiger partial charge in [0.25, 0.3) is 5.91 Å². The third-order valence-electron chi connectivity index (χ3n) is 6.64. The summed E-state index contributed by atoms with van der Waals surface area (Å²) in [6.45, 7) is 12.8. The summed E-state index contributed by atoms with van der Waals surface area (Å²) >= 11 is 1.28. The van der Waals surface area contributed by atoms with Crippen LogP contribution in [-0.4, -0.2) is 47.8 Å². The van der Waals surface area contributed by atoms with Crippen molar-refractivity contribution < 1.29 is 13.9 Å². The second-order valence-electron chi connectivity index (χ2n) is 9.59. The fraction of sp³-hybridized carbons (Fsp3) is 0.429. The summed E-state index contributed by atoms with van der Waals surface area (Å²) in [5.74, 6) is -0.196. The number of hydrogen-bond acceptors (Lipinski definition) is 5. The molecule has 0 radical (unpaired) electrons. The van der Waals surface area contributed by atoms with Gasteiger partial charge in [-0.2, -0.15) is 0 Å². The first-order valence-corrected chi connectivity index (χ1v) is 13.1. The molecule has 0 saturated carbocycles. The first kappa shape index (κ1) is 25.5. The highest BCUT2D eigenvalue weighted by Crippen LogP contribution is 2.44. The number of hydrogen-bond donors (Lipinski definition) is 0. The molecule has 7 heteroatoms. The van der Waals surface area contributed by atoms with Gasteiger partial charge in [-0.15, -0.1) is 0 Å². The number of rotatable bonds is 7. The Morgan fingerprint density at radius 2 is 1.97 bits per heavy atom. The zero-order valence-corrected chi connectivity index (χ0v) is 22.0. The van der Waals surface area contributed by atoms with Gasteiger partial charge in [-0.05, 0) is 87.7 Å². The second kappa shape index (κ2) is 10.5. The summed E-state index contributed by atoms with van der Waals surface area (Å²) < 4.78 is 20.9. The lowest BCUT2D eigenvalue weighted by Gasteiger charge is -2.47. The number of thioether (sulfide) groups is 1. The van der Waals surface area contributed by atoms with Gasteiger partial charge in [0, 0.05) is 29.9 Å². The number of anilines is 1. The van der Waals surface area contributed by atoms with Gasteiger partial charge in [-0.3, -0.25) is 9.69 Å². The summed E-state index contributed by atoms with van der Waals surface area (Å²) in [4.78, 5) is 22.4. The van der Waals surface area contributed by atoms with Crippen LogP contribution in [0.1, 0.15) is 58.1 Å². The fourth-order valence-electron chi connectivity index (χ4n) is 5.07. The average molecular weight is 496 g/mol. The van der Waals surface area contributed by atoms with Crippen LogP contribution in [0, 0.1) is 5.82 Å². The largest absolute Gasteiger partial charge is 0.380 e. The van der Waals surface area contributed by atoms with Crippen LogP contribution in [0.4, 0.5) is 15.8 Å². The molecule has 0 aromatic heterocycles. The van der Waals surface area contributed by atoms with E-state index in [2.05, 4.69) is 32.6 Å². The number of benzene rings is 2. The van der Waals surface area contributed by atoms with Crippen molar-refractivity contribution in [3.05, 3.63) is 64.3 Å². The van der Waals surface area contributed by atoms with Crippen molar-refractivity contribution in [3.63, 3.8) is 0 Å². The lowest BCUT2D eigenvalue weighted by Crippen LogP contribution is -2.48. The Kier molecular flexibility index (Phi) is 7.67. The minimum Gasteiger partial charge on any atom is -0.380 e. The number of amides is 1. The van der Waals surface area contributed by atoms with Crippen LogP contribution in [0.5, 0.6) is 0 Å². The Labute approximate surface area is 212 Å². The Bertz CT molecular complexity index is 1150. The number of amidine groups is 1. The molecule has 2 heterocycles. The van der Waals surface area contributed by atoms with E-state index in [0.29, 0.717) is 41.3 Å². The number of carbonyl (C=O) groups is 1. The minimum atomic E-state index is -0.317. The normalized spacial score (nSPS) is 21.8. The molecule has 1 unspecified atom stereocenters. The Balaban J connectivity index is 1.70. The van der Waals surface area contributed by atoms with Crippen molar-refractivity contribution in [1.29, 1.82) is 0 Å². The molecule has 1 fully saturated rings. The Hall–Kier alpha value is -2.64. The predicted molar refractivity (Wildman–Crippen MR) is 144 cm³/mol. The van der Waals surface area contributed by atoms with Crippen molar-refractivity contribution in [2.75, 3.05) is 31.2 Å². The van der Waals surface area contributed by atoms with E-state index in [1.54, 1.807) is 17.0 Å². The monoisotopic (exact) mass is 495 g/mol. The molecule has 4 rings (SSSR count). The molecular weight excluding hydrogens is 461 g/mol. The average Bonchev–Trinajstić information content (AvgIpc) is 3.09. The lowest BCUT2D eigenvalue weighted by atomic mass is 9.79. The van der Waals surface area contributed by atoms with Crippen LogP contribution in [0.2, 0.25) is 0 Å². The van der Waals surface area contributed by atoms with Gasteiger partial charge < -0.3 is 9.64 Å². The van der Waals surface area contributed by atoms with E-state index in [1.807, 2.05) is 43.3 Å². The van der Waals surface area contributed by atoms with E-state index in [0.717, 1.165) is 29.9 Å². The summed E-state index contributed by atoms with van der Waals surface area (Å²) in [7, 11) is 0. The topological polar surface area (TPSA) is 45.1 Å². The minimum absolute atomic E-state index is 0.0330. The third-order valence-corrected chi connectivity index (χ3v) is 7.65. The number of aliphatic imine (C=N–C) groups is 1. The number of para-hydroxylation sites is 1. The van der Waals surface area contributed by atoms with Gasteiger partial charge in [0.15, 0.2) is 5.17 Å². The molecule has 2 aliphatic heterocycles. The maximum Gasteiger partial charge on any atom is 0.266 e. The smallest absolute Gasteiger partial charge is 0.266 e. The van der Waals surface area contributed by atoms with E-state index in [4.69, 9.17) is 9.73 Å². The van der Waals surface area contributed by atoms with Crippen molar-refractivity contribution in [1.82, 2.24) is 4.90 Å². The number of nitrogens with zero attached hydrogens (tertiary/aromatic N) is 3. The quantitative estimate of drug-likeness (QED) is 0.322. The van der Waals surface area contributed by atoms with Crippen LogP contribution in [0.15, 0.2) is 52.4 Å². The molecule has 35 heavy (non-hydrogen) atoms. The molecule has 0 bridgehead atoms. The molecule has 2 aromatic carbocycles. The number of halogens is 1. The lowest BCUT2D eigenvalue weighted by molar-refractivity contribution is -0.122. The van der Waals surface area contributed by atoms with Crippen LogP contribution in [0.3, 0.4) is 0 Å². The van der Waals surface area contributed by atoms with Crippen LogP contribution in [-0.2, 0) is 9.53 Å². The van der Waals surface area contributed by atoms with Crippen LogP contribution < -0.4 is 4.90 Å². The third kappa shape index (κ3) is 5.31. The van der Waals surface area contributed by atoms with E-state index in [1.165, 1.54) is 11.8 Å². The molecule has 2 aromatic rings. The predicted octanol–water partition coefficient (Wildman–Crippen LogP) is 6.58. The number of fused-ring (bicyclic) bond motifs is 1. The highest BCUT2D eigenvalue weighted by molar-refractivity contribution is 8.18. The zero-order chi connectivity index (χ0) is 25.2. The molecular formula is C28H34FN3O2S. The van der Waals surface area contributed by atoms with E-state index in [9.17, 15) is 4.79 Å². The van der Waals surface area contributed by atoms with Gasteiger partial charge in [0.2, 0.25) is 0 Å². The van der Waals surface area contributed by atoms with Gasteiger partial charge >= 0.3 is 0 Å². The first-order valence-electron chi connectivity index (χ1n) is 12.3. The standard InChI is InChI=1S/C28H34FN3O2S/c1-6-32-24-17-23(29)20(15-22(24)19(3)18-28(32,4)5)16-25-26(33)31(13-14-34-7-2)27(35-25)30-21-11-9-8-10-12-21/h8-12,15-17,19H,6-7,13-14,18H2,1-5H3/b25-16+,30-27?. The van der Waals surface area contributed by atoms with E-state index >= 15 is 4.39 Å². The summed E-state index contributed by atoms with van der Waals surface area (Å²) in [6.07, 6.45) is 2.66. The molecule has 0 aliphatic carbocycles. The number of carbonyl (C=O) groups excluding carboxylic acids is 1. The van der Waals surface area contributed by atoms with Crippen molar-refractivity contribution in [2.24, 2.45) is 4.99 Å². The zero-order valence-electron chi connectivity index (χ0n) is 21.2.